The lowest BCUT2D eigenvalue weighted by Gasteiger charge is -1.97. The molecule has 1 atom stereocenters. The fourth-order valence-corrected chi connectivity index (χ4v) is 2.64. The molecule has 5 heteroatoms. The van der Waals surface area contributed by atoms with Gasteiger partial charge in [-0.05, 0) is 5.56 Å². The molecule has 22 heavy (non-hydrogen) atoms. The molecule has 0 saturated heterocycles. The molecule has 2 aromatic carbocycles. The maximum Gasteiger partial charge on any atom is 0.220 e. The van der Waals surface area contributed by atoms with Crippen molar-refractivity contribution in [2.45, 2.75) is 5.16 Å². The quantitative estimate of drug-likeness (QED) is 0.695. The summed E-state index contributed by atoms with van der Waals surface area (Å²) >= 11 is 0. The first kappa shape index (κ1) is 14.4. The largest absolute Gasteiger partial charge is 0.251 e. The molecule has 1 aromatic heterocycles. The van der Waals surface area contributed by atoms with Crippen molar-refractivity contribution < 1.29 is 4.21 Å². The van der Waals surface area contributed by atoms with Crippen LogP contribution in [-0.4, -0.2) is 26.3 Å². The standard InChI is InChI=1S/C17H15N3OS/c1-22(21)17-19-16(15-10-6-3-7-11-15)13-20(17)18-12-14-8-4-2-5-9-14/h2-13H,1H3/b18-12+. The van der Waals surface area contributed by atoms with Gasteiger partial charge in [-0.3, -0.25) is 4.21 Å². The molecule has 0 amide bonds. The molecule has 0 aliphatic carbocycles. The summed E-state index contributed by atoms with van der Waals surface area (Å²) < 4.78 is 13.5. The van der Waals surface area contributed by atoms with E-state index >= 15 is 0 Å². The van der Waals surface area contributed by atoms with Crippen molar-refractivity contribution in [2.24, 2.45) is 5.10 Å². The SMILES string of the molecule is CS(=O)c1nc(-c2ccccc2)cn1/N=C/c1ccccc1. The zero-order valence-corrected chi connectivity index (χ0v) is 12.9. The highest BCUT2D eigenvalue weighted by molar-refractivity contribution is 7.84. The van der Waals surface area contributed by atoms with Crippen LogP contribution in [-0.2, 0) is 10.8 Å². The first-order chi connectivity index (χ1) is 10.7. The molecular formula is C17H15N3OS. The summed E-state index contributed by atoms with van der Waals surface area (Å²) in [5.41, 5.74) is 2.71. The number of nitrogens with zero attached hydrogens (tertiary/aromatic N) is 3. The Kier molecular flexibility index (Phi) is 4.25. The van der Waals surface area contributed by atoms with Gasteiger partial charge in [-0.25, -0.2) is 9.66 Å². The minimum absolute atomic E-state index is 0.436. The summed E-state index contributed by atoms with van der Waals surface area (Å²) in [6.45, 7) is 0. The van der Waals surface area contributed by atoms with Crippen LogP contribution >= 0.6 is 0 Å². The third kappa shape index (κ3) is 3.20. The van der Waals surface area contributed by atoms with Gasteiger partial charge in [0.15, 0.2) is 0 Å². The number of rotatable bonds is 4. The topological polar surface area (TPSA) is 47.2 Å². The maximum atomic E-state index is 11.9. The second-order valence-corrected chi connectivity index (χ2v) is 6.00. The van der Waals surface area contributed by atoms with Gasteiger partial charge in [0, 0.05) is 11.8 Å². The summed E-state index contributed by atoms with van der Waals surface area (Å²) in [6, 6.07) is 19.6. The van der Waals surface area contributed by atoms with Crippen LogP contribution in [0, 0.1) is 0 Å². The van der Waals surface area contributed by atoms with Crippen molar-refractivity contribution in [3.05, 3.63) is 72.4 Å². The van der Waals surface area contributed by atoms with Crippen molar-refractivity contribution in [3.8, 4) is 11.3 Å². The van der Waals surface area contributed by atoms with Crippen LogP contribution in [0.25, 0.3) is 11.3 Å². The summed E-state index contributed by atoms with van der Waals surface area (Å²) in [5, 5.41) is 4.82. The van der Waals surface area contributed by atoms with Crippen LogP contribution in [0.4, 0.5) is 0 Å². The lowest BCUT2D eigenvalue weighted by molar-refractivity contribution is 0.666. The molecule has 3 aromatic rings. The Morgan fingerprint density at radius 3 is 2.32 bits per heavy atom. The second-order valence-electron chi connectivity index (χ2n) is 4.73. The van der Waals surface area contributed by atoms with E-state index in [1.165, 1.54) is 0 Å². The number of imidazole rings is 1. The summed E-state index contributed by atoms with van der Waals surface area (Å²) in [7, 11) is -1.21. The monoisotopic (exact) mass is 309 g/mol. The number of benzene rings is 2. The van der Waals surface area contributed by atoms with E-state index in [0.29, 0.717) is 5.16 Å². The molecule has 1 unspecified atom stereocenters. The minimum Gasteiger partial charge on any atom is -0.251 e. The molecule has 0 aliphatic rings. The van der Waals surface area contributed by atoms with Gasteiger partial charge in [0.25, 0.3) is 0 Å². The summed E-state index contributed by atoms with van der Waals surface area (Å²) in [5.74, 6) is 0. The van der Waals surface area contributed by atoms with Crippen LogP contribution in [0.2, 0.25) is 0 Å². The Bertz CT molecular complexity index is 810. The Balaban J connectivity index is 1.98. The average Bonchev–Trinajstić information content (AvgIpc) is 2.99. The molecule has 110 valence electrons. The molecule has 1 heterocycles. The van der Waals surface area contributed by atoms with Gasteiger partial charge in [-0.2, -0.15) is 5.10 Å². The van der Waals surface area contributed by atoms with Gasteiger partial charge in [0.05, 0.1) is 28.9 Å². The van der Waals surface area contributed by atoms with E-state index in [-0.39, 0.29) is 0 Å². The molecule has 0 spiro atoms. The van der Waals surface area contributed by atoms with E-state index in [1.54, 1.807) is 23.3 Å². The van der Waals surface area contributed by atoms with E-state index in [4.69, 9.17) is 0 Å². The first-order valence-corrected chi connectivity index (χ1v) is 8.37. The number of aromatic nitrogens is 2. The molecule has 0 fully saturated rings. The van der Waals surface area contributed by atoms with Crippen molar-refractivity contribution >= 4 is 17.0 Å². The van der Waals surface area contributed by atoms with Gasteiger partial charge in [0.1, 0.15) is 0 Å². The van der Waals surface area contributed by atoms with Crippen LogP contribution < -0.4 is 0 Å². The first-order valence-electron chi connectivity index (χ1n) is 6.81. The lowest BCUT2D eigenvalue weighted by atomic mass is 10.2. The highest BCUT2D eigenvalue weighted by atomic mass is 32.2. The van der Waals surface area contributed by atoms with E-state index in [1.807, 2.05) is 60.7 Å². The normalized spacial score (nSPS) is 12.6. The molecule has 0 radical (unpaired) electrons. The second kappa shape index (κ2) is 6.49. The van der Waals surface area contributed by atoms with Crippen LogP contribution in [0.15, 0.2) is 77.1 Å². The van der Waals surface area contributed by atoms with E-state index in [9.17, 15) is 4.21 Å². The highest BCUT2D eigenvalue weighted by Crippen LogP contribution is 2.19. The molecule has 3 rings (SSSR count). The molecule has 0 bridgehead atoms. The number of hydrogen-bond acceptors (Lipinski definition) is 3. The van der Waals surface area contributed by atoms with Gasteiger partial charge in [-0.1, -0.05) is 60.7 Å². The maximum absolute atomic E-state index is 11.9. The third-order valence-electron chi connectivity index (χ3n) is 3.11. The van der Waals surface area contributed by atoms with E-state index in [2.05, 4.69) is 10.1 Å². The third-order valence-corrected chi connectivity index (χ3v) is 3.91. The Hall–Kier alpha value is -2.53. The average molecular weight is 309 g/mol. The smallest absolute Gasteiger partial charge is 0.220 e. The van der Waals surface area contributed by atoms with Crippen LogP contribution in [0.5, 0.6) is 0 Å². The van der Waals surface area contributed by atoms with Crippen molar-refractivity contribution in [2.75, 3.05) is 6.26 Å². The van der Waals surface area contributed by atoms with Crippen LogP contribution in [0.3, 0.4) is 0 Å². The Labute approximate surface area is 131 Å². The zero-order chi connectivity index (χ0) is 15.4. The van der Waals surface area contributed by atoms with Crippen molar-refractivity contribution in [3.63, 3.8) is 0 Å². The molecular weight excluding hydrogens is 294 g/mol. The molecule has 0 saturated carbocycles. The highest BCUT2D eigenvalue weighted by Gasteiger charge is 2.11. The summed E-state index contributed by atoms with van der Waals surface area (Å²) in [4.78, 5) is 4.44. The van der Waals surface area contributed by atoms with E-state index in [0.717, 1.165) is 16.8 Å². The molecule has 4 nitrogen and oxygen atoms in total. The predicted octanol–water partition coefficient (Wildman–Crippen LogP) is 3.17. The van der Waals surface area contributed by atoms with Crippen LogP contribution in [0.1, 0.15) is 5.56 Å². The van der Waals surface area contributed by atoms with Gasteiger partial charge in [-0.15, -0.1) is 0 Å². The zero-order valence-electron chi connectivity index (χ0n) is 12.1. The fraction of sp³-hybridized carbons (Fsp3) is 0.0588. The van der Waals surface area contributed by atoms with Gasteiger partial charge < -0.3 is 0 Å². The number of hydrogen-bond donors (Lipinski definition) is 0. The van der Waals surface area contributed by atoms with Gasteiger partial charge >= 0.3 is 0 Å². The Morgan fingerprint density at radius 1 is 1.05 bits per heavy atom. The van der Waals surface area contributed by atoms with E-state index < -0.39 is 10.8 Å². The predicted molar refractivity (Wildman–Crippen MR) is 89.4 cm³/mol. The minimum atomic E-state index is -1.21. The van der Waals surface area contributed by atoms with Crippen molar-refractivity contribution in [1.82, 2.24) is 9.66 Å². The summed E-state index contributed by atoms with van der Waals surface area (Å²) in [6.07, 6.45) is 5.13. The van der Waals surface area contributed by atoms with Gasteiger partial charge in [0.2, 0.25) is 5.16 Å². The fourth-order valence-electron chi connectivity index (χ4n) is 2.05. The van der Waals surface area contributed by atoms with Crippen molar-refractivity contribution in [1.29, 1.82) is 0 Å². The molecule has 0 N–H and O–H groups in total. The molecule has 0 aliphatic heterocycles. The Morgan fingerprint density at radius 2 is 1.68 bits per heavy atom. The lowest BCUT2D eigenvalue weighted by Crippen LogP contribution is -1.99.